The topological polar surface area (TPSA) is 77.2 Å². The number of ether oxygens (including phenoxy) is 1. The Bertz CT molecular complexity index is 995. The van der Waals surface area contributed by atoms with Crippen molar-refractivity contribution in [2.45, 2.75) is 20.5 Å². The maximum atomic E-state index is 13.3. The maximum Gasteiger partial charge on any atom is 0.333 e. The second kappa shape index (κ2) is 6.35. The van der Waals surface area contributed by atoms with E-state index in [1.807, 2.05) is 6.92 Å². The smallest absolute Gasteiger partial charge is 0.333 e. The number of esters is 1. The molecule has 0 radical (unpaired) electrons. The van der Waals surface area contributed by atoms with Crippen molar-refractivity contribution in [1.82, 2.24) is 15.0 Å². The van der Waals surface area contributed by atoms with Crippen LogP contribution in [0, 0.1) is 12.7 Å². The monoisotopic (exact) mass is 341 g/mol. The summed E-state index contributed by atoms with van der Waals surface area (Å²) in [5.74, 6) is -1.07. The summed E-state index contributed by atoms with van der Waals surface area (Å²) < 4.78 is 18.4. The highest BCUT2D eigenvalue weighted by atomic mass is 19.1. The molecule has 128 valence electrons. The zero-order valence-corrected chi connectivity index (χ0v) is 13.8. The SMILES string of the molecule is C=C(C)C(=O)OCc1cc(C)cc(-n2nc3ccc(F)cc3n2)c1O. The Hall–Kier alpha value is -3.22. The third-order valence-electron chi connectivity index (χ3n) is 3.58. The Morgan fingerprint density at radius 1 is 1.28 bits per heavy atom. The quantitative estimate of drug-likeness (QED) is 0.582. The number of hydrogen-bond acceptors (Lipinski definition) is 5. The van der Waals surface area contributed by atoms with Gasteiger partial charge in [0, 0.05) is 17.2 Å². The number of phenolic OH excluding ortho intramolecular Hbond substituents is 1. The van der Waals surface area contributed by atoms with Crippen LogP contribution in [0.4, 0.5) is 4.39 Å². The number of halogens is 1. The van der Waals surface area contributed by atoms with Crippen LogP contribution in [-0.2, 0) is 16.1 Å². The Balaban J connectivity index is 2.00. The first kappa shape index (κ1) is 16.6. The standard InChI is InChI=1S/C18H16FN3O3/c1-10(2)18(24)25-9-12-6-11(3)7-16(17(12)23)22-20-14-5-4-13(19)8-15(14)21-22/h4-8,23H,1,9H2,2-3H3. The molecule has 0 spiro atoms. The second-order valence-corrected chi connectivity index (χ2v) is 5.77. The Labute approximate surface area is 143 Å². The largest absolute Gasteiger partial charge is 0.505 e. The molecular formula is C18H16FN3O3. The second-order valence-electron chi connectivity index (χ2n) is 5.77. The van der Waals surface area contributed by atoms with E-state index < -0.39 is 11.8 Å². The van der Waals surface area contributed by atoms with E-state index in [2.05, 4.69) is 16.8 Å². The van der Waals surface area contributed by atoms with Gasteiger partial charge in [0.05, 0.1) is 0 Å². The summed E-state index contributed by atoms with van der Waals surface area (Å²) in [5, 5.41) is 19.0. The normalized spacial score (nSPS) is 10.8. The van der Waals surface area contributed by atoms with E-state index in [1.54, 1.807) is 19.1 Å². The first-order valence-electron chi connectivity index (χ1n) is 7.53. The van der Waals surface area contributed by atoms with Gasteiger partial charge in [-0.15, -0.1) is 15.0 Å². The van der Waals surface area contributed by atoms with Crippen LogP contribution in [0.15, 0.2) is 42.5 Å². The lowest BCUT2D eigenvalue weighted by Gasteiger charge is -2.11. The number of nitrogens with zero attached hydrogens (tertiary/aromatic N) is 3. The number of phenols is 1. The van der Waals surface area contributed by atoms with E-state index in [4.69, 9.17) is 4.74 Å². The summed E-state index contributed by atoms with van der Waals surface area (Å²) in [7, 11) is 0. The molecule has 1 heterocycles. The van der Waals surface area contributed by atoms with Crippen LogP contribution in [0.1, 0.15) is 18.1 Å². The van der Waals surface area contributed by atoms with Crippen LogP contribution < -0.4 is 0 Å². The number of benzene rings is 2. The zero-order valence-electron chi connectivity index (χ0n) is 13.8. The van der Waals surface area contributed by atoms with Gasteiger partial charge in [-0.25, -0.2) is 9.18 Å². The molecule has 0 aliphatic carbocycles. The van der Waals surface area contributed by atoms with Crippen molar-refractivity contribution in [2.75, 3.05) is 0 Å². The highest BCUT2D eigenvalue weighted by Crippen LogP contribution is 2.28. The molecular weight excluding hydrogens is 325 g/mol. The molecule has 0 aliphatic rings. The van der Waals surface area contributed by atoms with Gasteiger partial charge in [-0.3, -0.25) is 0 Å². The highest BCUT2D eigenvalue weighted by Gasteiger charge is 2.15. The van der Waals surface area contributed by atoms with Gasteiger partial charge in [0.1, 0.15) is 34.9 Å². The van der Waals surface area contributed by atoms with Crippen molar-refractivity contribution >= 4 is 17.0 Å². The van der Waals surface area contributed by atoms with E-state index in [-0.39, 0.29) is 17.9 Å². The van der Waals surface area contributed by atoms with E-state index in [0.29, 0.717) is 22.3 Å². The van der Waals surface area contributed by atoms with Crippen LogP contribution in [0.5, 0.6) is 5.75 Å². The fourth-order valence-corrected chi connectivity index (χ4v) is 2.36. The molecule has 1 N–H and O–H groups in total. The van der Waals surface area contributed by atoms with Crippen LogP contribution >= 0.6 is 0 Å². The van der Waals surface area contributed by atoms with Crippen molar-refractivity contribution in [2.24, 2.45) is 0 Å². The molecule has 0 saturated heterocycles. The Morgan fingerprint density at radius 2 is 2.00 bits per heavy atom. The molecule has 7 heteroatoms. The molecule has 2 aromatic carbocycles. The van der Waals surface area contributed by atoms with Crippen molar-refractivity contribution in [3.63, 3.8) is 0 Å². The Kier molecular flexibility index (Phi) is 4.22. The molecule has 0 saturated carbocycles. The number of fused-ring (bicyclic) bond motifs is 1. The fourth-order valence-electron chi connectivity index (χ4n) is 2.36. The zero-order chi connectivity index (χ0) is 18.1. The summed E-state index contributed by atoms with van der Waals surface area (Å²) in [6, 6.07) is 7.46. The van der Waals surface area contributed by atoms with Crippen molar-refractivity contribution in [3.05, 3.63) is 59.4 Å². The third-order valence-corrected chi connectivity index (χ3v) is 3.58. The lowest BCUT2D eigenvalue weighted by molar-refractivity contribution is -0.140. The molecule has 0 amide bonds. The lowest BCUT2D eigenvalue weighted by Crippen LogP contribution is -2.07. The third kappa shape index (κ3) is 3.35. The maximum absolute atomic E-state index is 13.3. The van der Waals surface area contributed by atoms with Gasteiger partial charge in [-0.05, 0) is 43.7 Å². The number of aromatic nitrogens is 3. The van der Waals surface area contributed by atoms with Gasteiger partial charge in [-0.1, -0.05) is 6.58 Å². The molecule has 25 heavy (non-hydrogen) atoms. The summed E-state index contributed by atoms with van der Waals surface area (Å²) in [6.07, 6.45) is 0. The number of aryl methyl sites for hydroxylation is 1. The first-order chi connectivity index (χ1) is 11.8. The predicted octanol–water partition coefficient (Wildman–Crippen LogP) is 3.19. The number of carbonyl (C=O) groups is 1. The van der Waals surface area contributed by atoms with Gasteiger partial charge in [0.15, 0.2) is 0 Å². The van der Waals surface area contributed by atoms with E-state index in [0.717, 1.165) is 5.56 Å². The molecule has 0 aliphatic heterocycles. The van der Waals surface area contributed by atoms with Crippen molar-refractivity contribution in [3.8, 4) is 11.4 Å². The molecule has 3 aromatic rings. The number of hydrogen-bond donors (Lipinski definition) is 1. The van der Waals surface area contributed by atoms with E-state index >= 15 is 0 Å². The van der Waals surface area contributed by atoms with Crippen molar-refractivity contribution < 1.29 is 19.0 Å². The van der Waals surface area contributed by atoms with E-state index in [9.17, 15) is 14.3 Å². The first-order valence-corrected chi connectivity index (χ1v) is 7.53. The minimum Gasteiger partial charge on any atom is -0.505 e. The van der Waals surface area contributed by atoms with Gasteiger partial charge in [-0.2, -0.15) is 0 Å². The van der Waals surface area contributed by atoms with E-state index in [1.165, 1.54) is 23.0 Å². The summed E-state index contributed by atoms with van der Waals surface area (Å²) in [5.41, 5.74) is 2.69. The van der Waals surface area contributed by atoms with Gasteiger partial charge >= 0.3 is 5.97 Å². The molecule has 0 atom stereocenters. The minimum atomic E-state index is -0.541. The number of aromatic hydroxyl groups is 1. The molecule has 3 rings (SSSR count). The van der Waals surface area contributed by atoms with Crippen LogP contribution in [-0.4, -0.2) is 26.1 Å². The predicted molar refractivity (Wildman–Crippen MR) is 89.8 cm³/mol. The molecule has 0 unspecified atom stereocenters. The number of rotatable bonds is 4. The molecule has 6 nitrogen and oxygen atoms in total. The number of carbonyl (C=O) groups excluding carboxylic acids is 1. The van der Waals surface area contributed by atoms with Crippen LogP contribution in [0.25, 0.3) is 16.7 Å². The fraction of sp³-hybridized carbons (Fsp3) is 0.167. The minimum absolute atomic E-state index is 0.110. The molecule has 0 fully saturated rings. The van der Waals surface area contributed by atoms with Gasteiger partial charge in [0.25, 0.3) is 0 Å². The average Bonchev–Trinajstić information content (AvgIpc) is 2.97. The van der Waals surface area contributed by atoms with Gasteiger partial charge < -0.3 is 9.84 Å². The highest BCUT2D eigenvalue weighted by molar-refractivity contribution is 5.87. The van der Waals surface area contributed by atoms with Gasteiger partial charge in [0.2, 0.25) is 0 Å². The summed E-state index contributed by atoms with van der Waals surface area (Å²) in [6.45, 7) is 6.78. The van der Waals surface area contributed by atoms with Crippen LogP contribution in [0.2, 0.25) is 0 Å². The lowest BCUT2D eigenvalue weighted by atomic mass is 10.1. The summed E-state index contributed by atoms with van der Waals surface area (Å²) >= 11 is 0. The average molecular weight is 341 g/mol. The van der Waals surface area contributed by atoms with Crippen LogP contribution in [0.3, 0.4) is 0 Å². The molecule has 0 bridgehead atoms. The van der Waals surface area contributed by atoms with Crippen molar-refractivity contribution in [1.29, 1.82) is 0 Å². The Morgan fingerprint density at radius 3 is 2.72 bits per heavy atom. The molecule has 1 aromatic heterocycles. The summed E-state index contributed by atoms with van der Waals surface area (Å²) in [4.78, 5) is 12.8.